The van der Waals surface area contributed by atoms with Gasteiger partial charge in [0.25, 0.3) is 0 Å². The molecule has 1 fully saturated rings. The molecule has 1 radical (unpaired) electrons. The fourth-order valence-electron chi connectivity index (χ4n) is 4.18. The molecule has 0 aliphatic carbocycles. The Morgan fingerprint density at radius 2 is 1.50 bits per heavy atom. The number of hydrogen-bond donors (Lipinski definition) is 0. The summed E-state index contributed by atoms with van der Waals surface area (Å²) < 4.78 is 7.50. The maximum atomic E-state index is 6.23. The van der Waals surface area contributed by atoms with Gasteiger partial charge in [0.2, 0.25) is 0 Å². The first-order chi connectivity index (χ1) is 11.0. The summed E-state index contributed by atoms with van der Waals surface area (Å²) in [5.74, 6) is 1.86. The van der Waals surface area contributed by atoms with E-state index in [1.807, 2.05) is 0 Å². The molecule has 0 aromatic heterocycles. The van der Waals surface area contributed by atoms with E-state index in [4.69, 9.17) is 4.74 Å². The summed E-state index contributed by atoms with van der Waals surface area (Å²) in [7, 11) is 0. The van der Waals surface area contributed by atoms with Crippen molar-refractivity contribution in [3.05, 3.63) is 29.3 Å². The molecule has 1 aliphatic heterocycles. The Bertz CT molecular complexity index is 458. The molecule has 2 rings (SSSR count). The van der Waals surface area contributed by atoms with Gasteiger partial charge in [-0.25, -0.2) is 0 Å². The van der Waals surface area contributed by atoms with Crippen molar-refractivity contribution in [1.82, 2.24) is 0 Å². The van der Waals surface area contributed by atoms with Gasteiger partial charge >= 0.3 is 0 Å². The van der Waals surface area contributed by atoms with Crippen LogP contribution in [-0.4, -0.2) is 37.3 Å². The molecule has 0 bridgehead atoms. The van der Waals surface area contributed by atoms with Gasteiger partial charge in [0.1, 0.15) is 18.9 Å². The topological polar surface area (TPSA) is 9.23 Å². The molecular weight excluding hydrogens is 371 g/mol. The number of ether oxygens (including phenoxy) is 1. The Morgan fingerprint density at radius 3 is 2.04 bits per heavy atom. The number of nitrogens with zero attached hydrogens (tertiary/aromatic N) is 1. The summed E-state index contributed by atoms with van der Waals surface area (Å²) >= 11 is 0. The average Bonchev–Trinajstić information content (AvgIpc) is 2.45. The van der Waals surface area contributed by atoms with Crippen LogP contribution in [0.5, 0.6) is 5.75 Å². The summed E-state index contributed by atoms with van der Waals surface area (Å²) in [6, 6.07) is 6.41. The van der Waals surface area contributed by atoms with Crippen LogP contribution < -0.4 is 4.74 Å². The van der Waals surface area contributed by atoms with E-state index in [0.717, 1.165) is 24.8 Å². The van der Waals surface area contributed by atoms with Crippen LogP contribution in [0.4, 0.5) is 0 Å². The summed E-state index contributed by atoms with van der Waals surface area (Å²) in [6.07, 6.45) is 7.03. The minimum absolute atomic E-state index is 0. The van der Waals surface area contributed by atoms with E-state index < -0.39 is 0 Å². The van der Waals surface area contributed by atoms with E-state index in [2.05, 4.69) is 45.9 Å². The smallest absolute Gasteiger partial charge is 0.137 e. The monoisotopic (exact) mass is 407 g/mol. The summed E-state index contributed by atoms with van der Waals surface area (Å²) in [5.41, 5.74) is 2.51. The largest absolute Gasteiger partial charge is 0.487 e. The van der Waals surface area contributed by atoms with Crippen LogP contribution in [0.25, 0.3) is 0 Å². The number of hydrogen-bond acceptors (Lipinski definition) is 1. The van der Waals surface area contributed by atoms with Gasteiger partial charge in [0.15, 0.2) is 0 Å². The molecule has 3 heteroatoms. The van der Waals surface area contributed by atoms with E-state index in [1.54, 1.807) is 0 Å². The first-order valence-electron chi connectivity index (χ1n) is 9.56. The minimum atomic E-state index is 0. The first kappa shape index (κ1) is 22.1. The predicted molar refractivity (Wildman–Crippen MR) is 99.1 cm³/mol. The average molecular weight is 407 g/mol. The van der Waals surface area contributed by atoms with Crippen molar-refractivity contribution in [2.75, 3.05) is 32.8 Å². The van der Waals surface area contributed by atoms with Gasteiger partial charge < -0.3 is 9.22 Å². The Hall–Kier alpha value is 0.0839. The zero-order valence-corrected chi connectivity index (χ0v) is 19.2. The van der Waals surface area contributed by atoms with Crippen molar-refractivity contribution in [2.45, 2.75) is 59.8 Å². The third-order valence-electron chi connectivity index (χ3n) is 5.24. The molecule has 1 saturated heterocycles. The first-order valence-corrected chi connectivity index (χ1v) is 9.56. The summed E-state index contributed by atoms with van der Waals surface area (Å²) in [5, 5.41) is 0. The predicted octanol–water partition coefficient (Wildman–Crippen LogP) is 5.12. The molecule has 24 heavy (non-hydrogen) atoms. The zero-order valence-electron chi connectivity index (χ0n) is 16.3. The molecular formula is C21H36NOY+. The van der Waals surface area contributed by atoms with Crippen LogP contribution in [0.15, 0.2) is 18.2 Å². The second-order valence-electron chi connectivity index (χ2n) is 7.93. The zero-order chi connectivity index (χ0) is 16.7. The second kappa shape index (κ2) is 10.9. The number of quaternary nitrogens is 1. The van der Waals surface area contributed by atoms with Crippen LogP contribution >= 0.6 is 0 Å². The van der Waals surface area contributed by atoms with Gasteiger partial charge in [-0.15, -0.1) is 0 Å². The molecule has 1 aliphatic rings. The van der Waals surface area contributed by atoms with Crippen molar-refractivity contribution >= 4 is 0 Å². The molecule has 0 saturated carbocycles. The summed E-state index contributed by atoms with van der Waals surface area (Å²) in [4.78, 5) is 0. The van der Waals surface area contributed by atoms with E-state index in [-0.39, 0.29) is 32.7 Å². The molecule has 1 aromatic rings. The Labute approximate surface area is 174 Å². The van der Waals surface area contributed by atoms with Gasteiger partial charge in [-0.3, -0.25) is 0 Å². The molecule has 2 nitrogen and oxygen atoms in total. The molecule has 0 spiro atoms. The van der Waals surface area contributed by atoms with Gasteiger partial charge in [-0.05, 0) is 50.7 Å². The van der Waals surface area contributed by atoms with Gasteiger partial charge in [-0.2, -0.15) is 0 Å². The second-order valence-corrected chi connectivity index (χ2v) is 7.93. The molecule has 0 unspecified atom stereocenters. The third kappa shape index (κ3) is 6.77. The summed E-state index contributed by atoms with van der Waals surface area (Å²) in [6.45, 7) is 15.0. The third-order valence-corrected chi connectivity index (χ3v) is 5.24. The van der Waals surface area contributed by atoms with Crippen molar-refractivity contribution in [2.24, 2.45) is 5.92 Å². The molecule has 0 amide bonds. The fraction of sp³-hybridized carbons (Fsp3) is 0.714. The van der Waals surface area contributed by atoms with Gasteiger partial charge in [0, 0.05) is 38.6 Å². The number of aryl methyl sites for hydroxylation is 2. The normalized spacial score (nSPS) is 17.7. The standard InChI is InChI=1S/C21H36NO.Y/c1-18(2)17-22(13-8-6-5-7-9-14-22)15-16-23-21-19(3)11-10-12-20(21)4;/h10-12,18H,5-9,13-17H2,1-4H3;/q+1;. The van der Waals surface area contributed by atoms with Crippen molar-refractivity contribution < 1.29 is 41.9 Å². The van der Waals surface area contributed by atoms with Crippen LogP contribution in [0.2, 0.25) is 0 Å². The van der Waals surface area contributed by atoms with Crippen molar-refractivity contribution in [3.8, 4) is 5.75 Å². The number of rotatable bonds is 6. The Kier molecular flexibility index (Phi) is 10.1. The van der Waals surface area contributed by atoms with E-state index in [1.165, 1.54) is 67.3 Å². The quantitative estimate of drug-likeness (QED) is 0.595. The SMILES string of the molecule is Cc1cccc(C)c1OCC[N+]1(CC(C)C)CCCCCCC1.[Y]. The maximum Gasteiger partial charge on any atom is 0.137 e. The fourth-order valence-corrected chi connectivity index (χ4v) is 4.18. The molecule has 133 valence electrons. The van der Waals surface area contributed by atoms with Crippen LogP contribution in [0, 0.1) is 19.8 Å². The molecule has 1 heterocycles. The van der Waals surface area contributed by atoms with Crippen LogP contribution in [0.1, 0.15) is 57.1 Å². The van der Waals surface area contributed by atoms with E-state index in [0.29, 0.717) is 0 Å². The molecule has 0 atom stereocenters. The van der Waals surface area contributed by atoms with Crippen LogP contribution in [-0.2, 0) is 32.7 Å². The number of likely N-dealkylation sites (tertiary alicyclic amines) is 1. The van der Waals surface area contributed by atoms with Crippen molar-refractivity contribution in [3.63, 3.8) is 0 Å². The maximum absolute atomic E-state index is 6.23. The van der Waals surface area contributed by atoms with Gasteiger partial charge in [-0.1, -0.05) is 38.5 Å². The van der Waals surface area contributed by atoms with Crippen LogP contribution in [0.3, 0.4) is 0 Å². The van der Waals surface area contributed by atoms with Gasteiger partial charge in [0.05, 0.1) is 19.6 Å². The Morgan fingerprint density at radius 1 is 0.958 bits per heavy atom. The van der Waals surface area contributed by atoms with Crippen molar-refractivity contribution in [1.29, 1.82) is 0 Å². The minimum Gasteiger partial charge on any atom is -0.487 e. The number of benzene rings is 1. The molecule has 0 N–H and O–H groups in total. The van der Waals surface area contributed by atoms with E-state index >= 15 is 0 Å². The number of para-hydroxylation sites is 1. The van der Waals surface area contributed by atoms with E-state index in [9.17, 15) is 0 Å². The molecule has 1 aromatic carbocycles. The Balaban J connectivity index is 0.00000288.